The second-order valence-electron chi connectivity index (χ2n) is 11.9. The Balaban J connectivity index is 0.000000202. The number of morpholine rings is 2. The third kappa shape index (κ3) is 5.83. The first-order valence-electron chi connectivity index (χ1n) is 16.1. The number of imidazole rings is 1. The minimum atomic E-state index is 0.641. The molecule has 2 saturated heterocycles. The summed E-state index contributed by atoms with van der Waals surface area (Å²) in [5.41, 5.74) is 20.4. The number of nitrogen functional groups attached to an aromatic ring is 2. The highest BCUT2D eigenvalue weighted by molar-refractivity contribution is 5.99. The highest BCUT2D eigenvalue weighted by atomic mass is 16.5. The van der Waals surface area contributed by atoms with Gasteiger partial charge in [0, 0.05) is 72.7 Å². The van der Waals surface area contributed by atoms with Gasteiger partial charge in [0.25, 0.3) is 0 Å². The van der Waals surface area contributed by atoms with Gasteiger partial charge in [-0.25, -0.2) is 9.97 Å². The predicted molar refractivity (Wildman–Crippen MR) is 191 cm³/mol. The number of fused-ring (bicyclic) bond motifs is 3. The monoisotopic (exact) mass is 640 g/mol. The fraction of sp³-hybridized carbons (Fsp3) is 0.222. The van der Waals surface area contributed by atoms with E-state index >= 15 is 0 Å². The molecule has 9 rings (SSSR count). The number of rotatable bonds is 4. The Labute approximate surface area is 276 Å². The van der Waals surface area contributed by atoms with E-state index in [4.69, 9.17) is 25.9 Å². The number of benzene rings is 3. The van der Waals surface area contributed by atoms with Crippen LogP contribution >= 0.6 is 0 Å². The molecule has 0 bridgehead atoms. The van der Waals surface area contributed by atoms with E-state index in [9.17, 15) is 0 Å². The van der Waals surface area contributed by atoms with Crippen LogP contribution < -0.4 is 21.3 Å². The average molecular weight is 641 g/mol. The summed E-state index contributed by atoms with van der Waals surface area (Å²) in [4.78, 5) is 22.0. The Morgan fingerprint density at radius 1 is 0.708 bits per heavy atom. The molecule has 0 amide bonds. The van der Waals surface area contributed by atoms with Crippen molar-refractivity contribution in [2.45, 2.75) is 0 Å². The van der Waals surface area contributed by atoms with Crippen LogP contribution in [0.25, 0.3) is 55.5 Å². The van der Waals surface area contributed by atoms with Crippen molar-refractivity contribution in [3.8, 4) is 22.6 Å². The van der Waals surface area contributed by atoms with Crippen LogP contribution in [0.15, 0.2) is 85.3 Å². The van der Waals surface area contributed by atoms with Gasteiger partial charge in [0.15, 0.2) is 11.5 Å². The summed E-state index contributed by atoms with van der Waals surface area (Å²) in [5, 5.41) is 10.8. The molecule has 2 aliphatic rings. The summed E-state index contributed by atoms with van der Waals surface area (Å²) < 4.78 is 10.8. The maximum Gasteiger partial charge on any atom is 0.159 e. The van der Waals surface area contributed by atoms with Crippen LogP contribution in [0.1, 0.15) is 0 Å². The average Bonchev–Trinajstić information content (AvgIpc) is 3.77. The van der Waals surface area contributed by atoms with E-state index in [1.807, 2.05) is 48.9 Å². The quantitative estimate of drug-likeness (QED) is 0.187. The standard InChI is InChI=1S/C26H21N7O.C10H15N3O/c1-2-4-19-16(3-1)13-27-15-21(19)17-11-20-24(31-32-25(20)28-14-17)26-29-22-6-5-18(12-23(22)30-26)33-7-9-34-10-8-33;11-9-2-1-8(7-10(9)12)13-3-5-14-6-4-13/h1-6,11-15H,7-10H2,(H,29,30)(H,28,31,32);1-2,7H,3-6,11-12H2. The number of aromatic nitrogens is 6. The Bertz CT molecular complexity index is 2210. The fourth-order valence-electron chi connectivity index (χ4n) is 6.28. The number of hydrogen-bond donors (Lipinski definition) is 4. The van der Waals surface area contributed by atoms with E-state index < -0.39 is 0 Å². The summed E-state index contributed by atoms with van der Waals surface area (Å²) in [6.07, 6.45) is 5.63. The van der Waals surface area contributed by atoms with Gasteiger partial charge in [-0.15, -0.1) is 0 Å². The van der Waals surface area contributed by atoms with Gasteiger partial charge >= 0.3 is 0 Å². The van der Waals surface area contributed by atoms with Crippen LogP contribution in [-0.2, 0) is 9.47 Å². The minimum absolute atomic E-state index is 0.641. The maximum atomic E-state index is 5.74. The van der Waals surface area contributed by atoms with E-state index in [-0.39, 0.29) is 0 Å². The van der Waals surface area contributed by atoms with Crippen LogP contribution in [0, 0.1) is 0 Å². The molecular formula is C36H36N10O2. The van der Waals surface area contributed by atoms with E-state index in [1.54, 1.807) is 0 Å². The lowest BCUT2D eigenvalue weighted by atomic mass is 10.0. The Kier molecular flexibility index (Phi) is 7.92. The van der Waals surface area contributed by atoms with Crippen molar-refractivity contribution in [1.29, 1.82) is 0 Å². The van der Waals surface area contributed by atoms with Crippen molar-refractivity contribution >= 4 is 55.6 Å². The van der Waals surface area contributed by atoms with Gasteiger partial charge in [0.1, 0.15) is 5.69 Å². The summed E-state index contributed by atoms with van der Waals surface area (Å²) >= 11 is 0. The zero-order valence-electron chi connectivity index (χ0n) is 26.4. The van der Waals surface area contributed by atoms with Crippen molar-refractivity contribution in [3.63, 3.8) is 0 Å². The maximum absolute atomic E-state index is 5.74. The van der Waals surface area contributed by atoms with Crippen molar-refractivity contribution in [3.05, 3.63) is 85.3 Å². The van der Waals surface area contributed by atoms with Gasteiger partial charge in [-0.3, -0.25) is 10.1 Å². The highest BCUT2D eigenvalue weighted by Gasteiger charge is 2.17. The molecule has 6 N–H and O–H groups in total. The first-order chi connectivity index (χ1) is 23.6. The Morgan fingerprint density at radius 3 is 2.21 bits per heavy atom. The number of nitrogens with one attached hydrogen (secondary N) is 2. The first-order valence-corrected chi connectivity index (χ1v) is 16.1. The lowest BCUT2D eigenvalue weighted by Crippen LogP contribution is -2.36. The zero-order valence-corrected chi connectivity index (χ0v) is 26.4. The van der Waals surface area contributed by atoms with Gasteiger partial charge in [0.05, 0.1) is 54.2 Å². The number of ether oxygens (including phenoxy) is 2. The fourth-order valence-corrected chi connectivity index (χ4v) is 6.28. The largest absolute Gasteiger partial charge is 0.397 e. The molecule has 0 unspecified atom stereocenters. The van der Waals surface area contributed by atoms with Crippen LogP contribution in [0.3, 0.4) is 0 Å². The van der Waals surface area contributed by atoms with Gasteiger partial charge in [0.2, 0.25) is 0 Å². The van der Waals surface area contributed by atoms with Gasteiger partial charge in [-0.1, -0.05) is 24.3 Å². The second kappa shape index (κ2) is 12.8. The highest BCUT2D eigenvalue weighted by Crippen LogP contribution is 2.33. The summed E-state index contributed by atoms with van der Waals surface area (Å²) in [6, 6.07) is 22.5. The molecule has 0 aliphatic carbocycles. The van der Waals surface area contributed by atoms with Crippen molar-refractivity contribution in [2.75, 3.05) is 73.9 Å². The first kappa shape index (κ1) is 29.7. The molecule has 12 nitrogen and oxygen atoms in total. The Morgan fingerprint density at radius 2 is 1.44 bits per heavy atom. The van der Waals surface area contributed by atoms with Crippen LogP contribution in [0.4, 0.5) is 22.7 Å². The van der Waals surface area contributed by atoms with Gasteiger partial charge in [-0.2, -0.15) is 5.10 Å². The number of nitrogens with zero attached hydrogens (tertiary/aromatic N) is 6. The van der Waals surface area contributed by atoms with Crippen LogP contribution in [0.5, 0.6) is 0 Å². The molecule has 2 fully saturated rings. The zero-order chi connectivity index (χ0) is 32.5. The molecule has 3 aromatic carbocycles. The van der Waals surface area contributed by atoms with Crippen molar-refractivity contribution in [2.24, 2.45) is 0 Å². The molecular weight excluding hydrogens is 604 g/mol. The normalized spacial score (nSPS) is 15.2. The van der Waals surface area contributed by atoms with Gasteiger partial charge in [-0.05, 0) is 47.9 Å². The summed E-state index contributed by atoms with van der Waals surface area (Å²) in [6.45, 7) is 6.70. The number of hydrogen-bond acceptors (Lipinski definition) is 10. The summed E-state index contributed by atoms with van der Waals surface area (Å²) in [7, 11) is 0. The molecule has 242 valence electrons. The molecule has 7 aromatic rings. The summed E-state index contributed by atoms with van der Waals surface area (Å²) in [5.74, 6) is 0.718. The lowest BCUT2D eigenvalue weighted by Gasteiger charge is -2.29. The molecule has 12 heteroatoms. The number of pyridine rings is 2. The number of aromatic amines is 2. The number of anilines is 4. The van der Waals surface area contributed by atoms with Crippen LogP contribution in [-0.4, -0.2) is 82.7 Å². The van der Waals surface area contributed by atoms with Gasteiger partial charge < -0.3 is 35.7 Å². The topological polar surface area (TPSA) is 160 Å². The predicted octanol–water partition coefficient (Wildman–Crippen LogP) is 5.24. The van der Waals surface area contributed by atoms with Crippen molar-refractivity contribution < 1.29 is 9.47 Å². The third-order valence-electron chi connectivity index (χ3n) is 8.91. The van der Waals surface area contributed by atoms with E-state index in [0.717, 1.165) is 119 Å². The van der Waals surface area contributed by atoms with E-state index in [1.165, 1.54) is 0 Å². The van der Waals surface area contributed by atoms with E-state index in [2.05, 4.69) is 71.3 Å². The molecule has 2 aliphatic heterocycles. The van der Waals surface area contributed by atoms with Crippen molar-refractivity contribution in [1.82, 2.24) is 30.1 Å². The second-order valence-corrected chi connectivity index (χ2v) is 11.9. The molecule has 0 saturated carbocycles. The molecule has 48 heavy (non-hydrogen) atoms. The third-order valence-corrected chi connectivity index (χ3v) is 8.91. The minimum Gasteiger partial charge on any atom is -0.397 e. The number of nitrogens with two attached hydrogens (primary N) is 2. The molecule has 0 radical (unpaired) electrons. The molecule has 0 atom stereocenters. The molecule has 0 spiro atoms. The van der Waals surface area contributed by atoms with E-state index in [0.29, 0.717) is 11.4 Å². The Hall–Kier alpha value is -5.72. The lowest BCUT2D eigenvalue weighted by molar-refractivity contribution is 0.122. The molecule has 4 aromatic heterocycles. The molecule has 6 heterocycles. The SMILES string of the molecule is Nc1ccc(N2CCOCC2)cc1N.c1ccc2c(-c3cnc4[nH]nc(-c5nc6cc(N7CCOCC7)ccc6[nH]5)c4c3)cncc2c1. The number of H-pyrrole nitrogens is 2. The van der Waals surface area contributed by atoms with Crippen LogP contribution in [0.2, 0.25) is 0 Å². The smallest absolute Gasteiger partial charge is 0.159 e.